The molecule has 1 amide bonds. The number of carboxylic acid groups (broad SMARTS) is 1. The fraction of sp³-hybridized carbons (Fsp3) is 0.429. The van der Waals surface area contributed by atoms with E-state index in [4.69, 9.17) is 21.4 Å². The van der Waals surface area contributed by atoms with Crippen LogP contribution in [0.3, 0.4) is 0 Å². The second-order valence-electron chi connectivity index (χ2n) is 5.08. The molecule has 0 radical (unpaired) electrons. The first kappa shape index (κ1) is 15.7. The minimum absolute atomic E-state index is 0.0660. The van der Waals surface area contributed by atoms with Crippen LogP contribution in [0.1, 0.15) is 29.6 Å². The van der Waals surface area contributed by atoms with Crippen LogP contribution < -0.4 is 5.32 Å². The van der Waals surface area contributed by atoms with Crippen molar-refractivity contribution in [3.8, 4) is 0 Å². The largest absolute Gasteiger partial charge is 0.481 e. The Balaban J connectivity index is 2.19. The Hall–Kier alpha value is -1.66. The number of halogens is 2. The number of aliphatic carboxylic acids is 1. The summed E-state index contributed by atoms with van der Waals surface area (Å²) in [6, 6.07) is 3.50. The third-order valence-electron chi connectivity index (χ3n) is 3.44. The lowest BCUT2D eigenvalue weighted by Crippen LogP contribution is -2.53. The second kappa shape index (κ2) is 6.41. The van der Waals surface area contributed by atoms with Crippen LogP contribution in [-0.2, 0) is 9.53 Å². The Morgan fingerprint density at radius 3 is 2.57 bits per heavy atom. The van der Waals surface area contributed by atoms with Gasteiger partial charge in [0.2, 0.25) is 0 Å². The van der Waals surface area contributed by atoms with Crippen molar-refractivity contribution >= 4 is 23.5 Å². The molecule has 2 N–H and O–H groups in total. The fourth-order valence-corrected chi connectivity index (χ4v) is 2.62. The number of hydrogen-bond donors (Lipinski definition) is 2. The van der Waals surface area contributed by atoms with E-state index >= 15 is 0 Å². The Morgan fingerprint density at radius 2 is 2.00 bits per heavy atom. The smallest absolute Gasteiger partial charge is 0.305 e. The number of nitrogens with one attached hydrogen (secondary N) is 1. The van der Waals surface area contributed by atoms with E-state index in [0.717, 1.165) is 12.1 Å². The summed E-state index contributed by atoms with van der Waals surface area (Å²) < 4.78 is 18.5. The van der Waals surface area contributed by atoms with Gasteiger partial charge in [0.25, 0.3) is 5.91 Å². The van der Waals surface area contributed by atoms with E-state index in [1.165, 1.54) is 6.07 Å². The Bertz CT molecular complexity index is 538. The van der Waals surface area contributed by atoms with Gasteiger partial charge in [-0.1, -0.05) is 11.6 Å². The summed E-state index contributed by atoms with van der Waals surface area (Å²) in [4.78, 5) is 23.3. The van der Waals surface area contributed by atoms with Crippen molar-refractivity contribution < 1.29 is 23.8 Å². The normalized spacial score (nSPS) is 17.2. The maximum Gasteiger partial charge on any atom is 0.305 e. The van der Waals surface area contributed by atoms with Crippen LogP contribution in [-0.4, -0.2) is 35.7 Å². The fourth-order valence-electron chi connectivity index (χ4n) is 2.40. The van der Waals surface area contributed by atoms with Gasteiger partial charge in [-0.05, 0) is 31.0 Å². The molecule has 114 valence electrons. The maximum atomic E-state index is 13.3. The molecule has 21 heavy (non-hydrogen) atoms. The van der Waals surface area contributed by atoms with Crippen LogP contribution >= 0.6 is 11.6 Å². The highest BCUT2D eigenvalue weighted by atomic mass is 35.5. The molecule has 0 aromatic heterocycles. The molecule has 1 aromatic rings. The maximum absolute atomic E-state index is 13.3. The van der Waals surface area contributed by atoms with E-state index in [1.54, 1.807) is 0 Å². The van der Waals surface area contributed by atoms with E-state index < -0.39 is 23.2 Å². The topological polar surface area (TPSA) is 75.6 Å². The van der Waals surface area contributed by atoms with E-state index in [0.29, 0.717) is 26.1 Å². The van der Waals surface area contributed by atoms with Gasteiger partial charge in [-0.2, -0.15) is 0 Å². The second-order valence-corrected chi connectivity index (χ2v) is 5.51. The quantitative estimate of drug-likeness (QED) is 0.893. The standard InChI is InChI=1S/C14H15ClFNO4/c15-10-5-9(6-11(16)7-10)13(20)17-14(8-12(18)19)1-3-21-4-2-14/h5-7H,1-4,8H2,(H,17,20)(H,18,19). The first-order valence-electron chi connectivity index (χ1n) is 6.48. The van der Waals surface area contributed by atoms with Gasteiger partial charge in [0.05, 0.1) is 12.0 Å². The molecule has 1 aromatic carbocycles. The first-order chi connectivity index (χ1) is 9.90. The van der Waals surface area contributed by atoms with Gasteiger partial charge in [0.15, 0.2) is 0 Å². The number of hydrogen-bond acceptors (Lipinski definition) is 3. The summed E-state index contributed by atoms with van der Waals surface area (Å²) in [6.07, 6.45) is 0.591. The lowest BCUT2D eigenvalue weighted by molar-refractivity contribution is -0.139. The van der Waals surface area contributed by atoms with Crippen LogP contribution in [0.25, 0.3) is 0 Å². The summed E-state index contributed by atoms with van der Waals surface area (Å²) in [5.41, 5.74) is -0.809. The van der Waals surface area contributed by atoms with Crippen molar-refractivity contribution in [2.45, 2.75) is 24.8 Å². The molecule has 1 heterocycles. The molecule has 2 rings (SSSR count). The van der Waals surface area contributed by atoms with Crippen molar-refractivity contribution in [3.05, 3.63) is 34.6 Å². The minimum atomic E-state index is -1.01. The molecule has 0 saturated carbocycles. The number of carbonyl (C=O) groups excluding carboxylic acids is 1. The monoisotopic (exact) mass is 315 g/mol. The van der Waals surface area contributed by atoms with Gasteiger partial charge >= 0.3 is 5.97 Å². The predicted molar refractivity (Wildman–Crippen MR) is 73.9 cm³/mol. The third-order valence-corrected chi connectivity index (χ3v) is 3.66. The highest BCUT2D eigenvalue weighted by molar-refractivity contribution is 6.31. The van der Waals surface area contributed by atoms with Crippen molar-refractivity contribution in [3.63, 3.8) is 0 Å². The number of ether oxygens (including phenoxy) is 1. The van der Waals surface area contributed by atoms with Crippen LogP contribution in [0.4, 0.5) is 4.39 Å². The van der Waals surface area contributed by atoms with Gasteiger partial charge in [0, 0.05) is 23.8 Å². The SMILES string of the molecule is O=C(O)CC1(NC(=O)c2cc(F)cc(Cl)c2)CCOCC1. The van der Waals surface area contributed by atoms with Crippen molar-refractivity contribution in [1.29, 1.82) is 0 Å². The minimum Gasteiger partial charge on any atom is -0.481 e. The summed E-state index contributed by atoms with van der Waals surface area (Å²) in [6.45, 7) is 0.745. The molecular formula is C14H15ClFNO4. The highest BCUT2D eigenvalue weighted by Crippen LogP contribution is 2.25. The number of benzene rings is 1. The zero-order valence-electron chi connectivity index (χ0n) is 11.2. The van der Waals surface area contributed by atoms with Gasteiger partial charge in [0.1, 0.15) is 5.82 Å². The van der Waals surface area contributed by atoms with Crippen LogP contribution in [0.2, 0.25) is 5.02 Å². The summed E-state index contributed by atoms with van der Waals surface area (Å²) in [7, 11) is 0. The molecule has 1 aliphatic heterocycles. The molecule has 0 aliphatic carbocycles. The van der Waals surface area contributed by atoms with E-state index in [9.17, 15) is 14.0 Å². The predicted octanol–water partition coefficient (Wildman–Crippen LogP) is 2.23. The molecular weight excluding hydrogens is 301 g/mol. The molecule has 0 atom stereocenters. The first-order valence-corrected chi connectivity index (χ1v) is 6.86. The average Bonchev–Trinajstić information content (AvgIpc) is 2.37. The van der Waals surface area contributed by atoms with Gasteiger partial charge in [-0.3, -0.25) is 9.59 Å². The van der Waals surface area contributed by atoms with Crippen LogP contribution in [0.15, 0.2) is 18.2 Å². The summed E-state index contributed by atoms with van der Waals surface area (Å²) >= 11 is 5.72. The van der Waals surface area contributed by atoms with Crippen molar-refractivity contribution in [2.24, 2.45) is 0 Å². The van der Waals surface area contributed by atoms with E-state index in [-0.39, 0.29) is 17.0 Å². The van der Waals surface area contributed by atoms with Crippen molar-refractivity contribution in [2.75, 3.05) is 13.2 Å². The third kappa shape index (κ3) is 4.15. The van der Waals surface area contributed by atoms with Crippen LogP contribution in [0, 0.1) is 5.82 Å². The van der Waals surface area contributed by atoms with Crippen LogP contribution in [0.5, 0.6) is 0 Å². The Morgan fingerprint density at radius 1 is 1.33 bits per heavy atom. The van der Waals surface area contributed by atoms with Gasteiger partial charge in [-0.15, -0.1) is 0 Å². The van der Waals surface area contributed by atoms with Gasteiger partial charge in [-0.25, -0.2) is 4.39 Å². The molecule has 7 heteroatoms. The Labute approximate surface area is 126 Å². The summed E-state index contributed by atoms with van der Waals surface area (Å²) in [5.74, 6) is -2.17. The lowest BCUT2D eigenvalue weighted by atomic mass is 9.86. The molecule has 0 bridgehead atoms. The number of carboxylic acids is 1. The van der Waals surface area contributed by atoms with E-state index in [2.05, 4.69) is 5.32 Å². The highest BCUT2D eigenvalue weighted by Gasteiger charge is 2.36. The molecule has 1 saturated heterocycles. The van der Waals surface area contributed by atoms with Gasteiger partial charge < -0.3 is 15.2 Å². The van der Waals surface area contributed by atoms with E-state index in [1.807, 2.05) is 0 Å². The molecule has 0 unspecified atom stereocenters. The van der Waals surface area contributed by atoms with Crippen molar-refractivity contribution in [1.82, 2.24) is 5.32 Å². The average molecular weight is 316 g/mol. The zero-order valence-corrected chi connectivity index (χ0v) is 12.0. The molecule has 1 aliphatic rings. The molecule has 5 nitrogen and oxygen atoms in total. The number of rotatable bonds is 4. The number of amides is 1. The summed E-state index contributed by atoms with van der Waals surface area (Å²) in [5, 5.41) is 11.8. The molecule has 1 fully saturated rings. The lowest BCUT2D eigenvalue weighted by Gasteiger charge is -2.36. The number of carbonyl (C=O) groups is 2. The Kier molecular flexibility index (Phi) is 4.80. The molecule has 0 spiro atoms. The zero-order chi connectivity index (χ0) is 15.5.